The van der Waals surface area contributed by atoms with Gasteiger partial charge in [-0.3, -0.25) is 34.2 Å². The lowest BCUT2D eigenvalue weighted by Gasteiger charge is -2.35. The minimum absolute atomic E-state index is 0.00893. The van der Waals surface area contributed by atoms with E-state index < -0.39 is 23.7 Å². The summed E-state index contributed by atoms with van der Waals surface area (Å²) >= 11 is 1.27. The summed E-state index contributed by atoms with van der Waals surface area (Å²) in [5.74, 6) is -1.09. The average Bonchev–Trinajstić information content (AvgIpc) is 3.96. The van der Waals surface area contributed by atoms with Crippen LogP contribution >= 0.6 is 11.3 Å². The molecule has 5 amide bonds. The fourth-order valence-electron chi connectivity index (χ4n) is 8.03. The van der Waals surface area contributed by atoms with Crippen LogP contribution in [0.3, 0.4) is 0 Å². The number of aromatic nitrogens is 3. The maximum Gasteiger partial charge on any atom is 0.255 e. The smallest absolute Gasteiger partial charge is 0.255 e. The zero-order valence-electron chi connectivity index (χ0n) is 30.2. The van der Waals surface area contributed by atoms with Crippen molar-refractivity contribution in [2.24, 2.45) is 0 Å². The lowest BCUT2D eigenvalue weighted by Crippen LogP contribution is -2.47. The van der Waals surface area contributed by atoms with Gasteiger partial charge in [0.05, 0.1) is 25.0 Å². The molecule has 3 saturated heterocycles. The maximum atomic E-state index is 15.3. The fraction of sp³-hybridized carbons (Fsp3) is 0.410. The Balaban J connectivity index is 0.789. The van der Waals surface area contributed by atoms with Gasteiger partial charge in [-0.15, -0.1) is 11.3 Å². The van der Waals surface area contributed by atoms with Crippen molar-refractivity contribution >= 4 is 51.7 Å². The van der Waals surface area contributed by atoms with Crippen molar-refractivity contribution in [1.82, 2.24) is 34.8 Å². The van der Waals surface area contributed by atoms with Gasteiger partial charge in [-0.1, -0.05) is 12.1 Å². The van der Waals surface area contributed by atoms with Gasteiger partial charge >= 0.3 is 0 Å². The van der Waals surface area contributed by atoms with Gasteiger partial charge in [0, 0.05) is 54.1 Å². The van der Waals surface area contributed by atoms with Gasteiger partial charge in [0.2, 0.25) is 23.6 Å². The Morgan fingerprint density at radius 2 is 1.67 bits per heavy atom. The van der Waals surface area contributed by atoms with Crippen LogP contribution in [0.4, 0.5) is 15.2 Å². The summed E-state index contributed by atoms with van der Waals surface area (Å²) in [6.07, 6.45) is 9.55. The van der Waals surface area contributed by atoms with E-state index in [0.717, 1.165) is 50.0 Å². The van der Waals surface area contributed by atoms with Gasteiger partial charge in [-0.2, -0.15) is 5.10 Å². The van der Waals surface area contributed by atoms with E-state index >= 15 is 4.39 Å². The number of thiazole rings is 1. The van der Waals surface area contributed by atoms with E-state index in [1.54, 1.807) is 28.5 Å². The number of amides is 5. The van der Waals surface area contributed by atoms with Crippen molar-refractivity contribution in [3.63, 3.8) is 0 Å². The van der Waals surface area contributed by atoms with Crippen molar-refractivity contribution in [3.8, 4) is 5.69 Å². The van der Waals surface area contributed by atoms with E-state index in [0.29, 0.717) is 49.2 Å². The molecule has 2 aromatic carbocycles. The van der Waals surface area contributed by atoms with E-state index in [-0.39, 0.29) is 47.9 Å². The number of nitrogens with one attached hydrogen (secondary N) is 3. The largest absolute Gasteiger partial charge is 0.374 e. The van der Waals surface area contributed by atoms with E-state index in [1.807, 2.05) is 23.2 Å². The minimum atomic E-state index is -0.521. The van der Waals surface area contributed by atoms with Gasteiger partial charge in [0.25, 0.3) is 5.91 Å². The summed E-state index contributed by atoms with van der Waals surface area (Å²) in [7, 11) is 0. The van der Waals surface area contributed by atoms with Crippen LogP contribution in [0, 0.1) is 5.82 Å². The standard InChI is InChI=1S/C39H42FN9O5S/c40-32-18-29(17-30-31(32)21-48(38(30)54)22-35(51)45-39-41-11-16-55-39)49-20-27(19-42-49)26-9-14-47(15-10-26)36(52)23-46-12-7-25(8-13-46)24-1-3-28(4-2-24)43-33-5-6-34(50)44-37(33)53/h1-4,11,16-20,25-26,33,43H,5-10,12-15,21-23H2,(H,41,45,51)(H,44,50,53)/t33-/m0/s1. The number of nitrogens with zero attached hydrogens (tertiary/aromatic N) is 6. The van der Waals surface area contributed by atoms with Crippen molar-refractivity contribution in [2.45, 2.75) is 62.9 Å². The predicted octanol–water partition coefficient (Wildman–Crippen LogP) is 3.87. The van der Waals surface area contributed by atoms with Crippen molar-refractivity contribution < 1.29 is 28.4 Å². The van der Waals surface area contributed by atoms with Crippen molar-refractivity contribution in [3.05, 3.63) is 88.4 Å². The summed E-state index contributed by atoms with van der Waals surface area (Å²) in [6, 6.07) is 10.8. The number of benzene rings is 2. The topological polar surface area (TPSA) is 162 Å². The highest BCUT2D eigenvalue weighted by molar-refractivity contribution is 7.13. The number of carbonyl (C=O) groups excluding carboxylic acids is 5. The second-order valence-corrected chi connectivity index (χ2v) is 15.6. The first-order chi connectivity index (χ1) is 26.7. The molecule has 4 aliphatic heterocycles. The molecule has 3 fully saturated rings. The van der Waals surface area contributed by atoms with Crippen molar-refractivity contribution in [2.75, 3.05) is 49.9 Å². The Bertz CT molecular complexity index is 2090. The molecule has 4 aliphatic rings. The van der Waals surface area contributed by atoms with Crippen LogP contribution in [0.2, 0.25) is 0 Å². The average molecular weight is 768 g/mol. The highest BCUT2D eigenvalue weighted by atomic mass is 32.1. The number of halogens is 1. The third kappa shape index (κ3) is 8.15. The Hall–Kier alpha value is -5.48. The molecule has 14 nitrogen and oxygen atoms in total. The van der Waals surface area contributed by atoms with E-state index in [1.165, 1.54) is 27.9 Å². The maximum absolute atomic E-state index is 15.3. The fourth-order valence-corrected chi connectivity index (χ4v) is 8.58. The molecule has 1 atom stereocenters. The first kappa shape index (κ1) is 36.5. The molecule has 6 heterocycles. The van der Waals surface area contributed by atoms with Crippen LogP contribution in [0.25, 0.3) is 5.69 Å². The Kier molecular flexibility index (Phi) is 10.4. The molecule has 0 bridgehead atoms. The number of hydrogen-bond acceptors (Lipinski definition) is 10. The molecule has 8 rings (SSSR count). The van der Waals surface area contributed by atoms with Crippen LogP contribution in [0.5, 0.6) is 0 Å². The molecule has 0 saturated carbocycles. The number of carbonyl (C=O) groups is 5. The summed E-state index contributed by atoms with van der Waals surface area (Å²) in [5.41, 5.74) is 4.02. The van der Waals surface area contributed by atoms with Crippen molar-refractivity contribution in [1.29, 1.82) is 0 Å². The first-order valence-electron chi connectivity index (χ1n) is 18.7. The SMILES string of the molecule is O=C1CC[C@H](Nc2ccc(C3CCN(CC(=O)N4CCC(c5cnn(-c6cc(F)c7c(c6)C(=O)N(CC(=O)Nc6nccs6)C7)c5)CC4)CC3)cc2)C(=O)N1. The summed E-state index contributed by atoms with van der Waals surface area (Å²) in [5, 5.41) is 14.9. The van der Waals surface area contributed by atoms with Gasteiger partial charge in [0.15, 0.2) is 5.13 Å². The minimum Gasteiger partial charge on any atom is -0.374 e. The Morgan fingerprint density at radius 1 is 0.927 bits per heavy atom. The zero-order chi connectivity index (χ0) is 38.1. The molecule has 4 aromatic rings. The molecule has 0 radical (unpaired) electrons. The molecule has 0 spiro atoms. The number of piperidine rings is 3. The summed E-state index contributed by atoms with van der Waals surface area (Å²) in [6.45, 7) is 3.20. The quantitative estimate of drug-likeness (QED) is 0.204. The highest BCUT2D eigenvalue weighted by Crippen LogP contribution is 2.32. The van der Waals surface area contributed by atoms with Gasteiger partial charge in [-0.05, 0) is 92.4 Å². The van der Waals surface area contributed by atoms with Gasteiger partial charge < -0.3 is 20.4 Å². The molecule has 0 aliphatic carbocycles. The third-order valence-corrected chi connectivity index (χ3v) is 11.8. The predicted molar refractivity (Wildman–Crippen MR) is 202 cm³/mol. The first-order valence-corrected chi connectivity index (χ1v) is 19.6. The molecule has 16 heteroatoms. The number of rotatable bonds is 10. The normalized spacial score (nSPS) is 19.7. The number of hydrogen-bond donors (Lipinski definition) is 3. The van der Waals surface area contributed by atoms with Gasteiger partial charge in [0.1, 0.15) is 18.4 Å². The molecular formula is C39H42FN9O5S. The molecule has 2 aromatic heterocycles. The van der Waals surface area contributed by atoms with Crippen LogP contribution < -0.4 is 16.0 Å². The second kappa shape index (κ2) is 15.7. The molecule has 286 valence electrons. The van der Waals surface area contributed by atoms with E-state index in [9.17, 15) is 24.0 Å². The van der Waals surface area contributed by atoms with Crippen LogP contribution in [-0.2, 0) is 25.7 Å². The number of likely N-dealkylation sites (tertiary alicyclic amines) is 2. The monoisotopic (exact) mass is 767 g/mol. The summed E-state index contributed by atoms with van der Waals surface area (Å²) in [4.78, 5) is 72.0. The number of anilines is 2. The zero-order valence-corrected chi connectivity index (χ0v) is 31.0. The molecule has 0 unspecified atom stereocenters. The summed E-state index contributed by atoms with van der Waals surface area (Å²) < 4.78 is 16.9. The highest BCUT2D eigenvalue weighted by Gasteiger charge is 2.33. The van der Waals surface area contributed by atoms with Crippen LogP contribution in [0.15, 0.2) is 60.4 Å². The number of imide groups is 1. The number of fused-ring (bicyclic) bond motifs is 1. The Labute approximate surface area is 321 Å². The van der Waals surface area contributed by atoms with E-state index in [2.05, 4.69) is 43.1 Å². The van der Waals surface area contributed by atoms with Crippen LogP contribution in [-0.4, -0.2) is 104 Å². The molecular weight excluding hydrogens is 726 g/mol. The third-order valence-electron chi connectivity index (χ3n) is 11.2. The lowest BCUT2D eigenvalue weighted by atomic mass is 9.89. The Morgan fingerprint density at radius 3 is 2.40 bits per heavy atom. The lowest BCUT2D eigenvalue weighted by molar-refractivity contribution is -0.134. The van der Waals surface area contributed by atoms with Crippen LogP contribution in [0.1, 0.15) is 77.4 Å². The van der Waals surface area contributed by atoms with Gasteiger partial charge in [-0.25, -0.2) is 14.1 Å². The second-order valence-electron chi connectivity index (χ2n) is 14.7. The van der Waals surface area contributed by atoms with E-state index in [4.69, 9.17) is 0 Å². The molecule has 55 heavy (non-hydrogen) atoms. The molecule has 3 N–H and O–H groups in total.